The number of carboxylic acids is 2. The first-order valence-corrected chi connectivity index (χ1v) is 27.9. The molecule has 0 aromatic carbocycles. The molecule has 0 aliphatic rings. The summed E-state index contributed by atoms with van der Waals surface area (Å²) in [5, 5.41) is 35.2. The van der Waals surface area contributed by atoms with Crippen LogP contribution in [0.2, 0.25) is 0 Å². The molecule has 7 amide bonds. The molecule has 11 N–H and O–H groups in total. The average Bonchev–Trinajstić information content (AvgIpc) is 3.34. The smallest absolute Gasteiger partial charge is 0.326 e. The summed E-state index contributed by atoms with van der Waals surface area (Å²) in [5.41, 5.74) is 5.09. The van der Waals surface area contributed by atoms with Crippen LogP contribution in [0.15, 0.2) is 0 Å². The number of thiol groups is 1. The maximum atomic E-state index is 13.4. The summed E-state index contributed by atoms with van der Waals surface area (Å²) >= 11 is 3.98. The highest BCUT2D eigenvalue weighted by atomic mass is 32.1. The molecule has 0 saturated heterocycles. The van der Waals surface area contributed by atoms with Crippen molar-refractivity contribution >= 4 is 66.1 Å². The third-order valence-corrected chi connectivity index (χ3v) is 12.9. The monoisotopic (exact) mass is 1040 g/mol. The van der Waals surface area contributed by atoms with Crippen molar-refractivity contribution in [2.24, 2.45) is 5.73 Å². The number of carbonyl (C=O) groups excluding carboxylic acids is 7. The van der Waals surface area contributed by atoms with Crippen molar-refractivity contribution in [2.75, 3.05) is 19.6 Å². The van der Waals surface area contributed by atoms with Gasteiger partial charge in [-0.1, -0.05) is 155 Å². The van der Waals surface area contributed by atoms with Crippen LogP contribution in [-0.2, 0) is 43.2 Å². The molecule has 416 valence electrons. The fourth-order valence-corrected chi connectivity index (χ4v) is 8.43. The van der Waals surface area contributed by atoms with Gasteiger partial charge in [-0.2, -0.15) is 0 Å². The highest BCUT2D eigenvalue weighted by Gasteiger charge is 2.25. The topological polar surface area (TPSA) is 304 Å². The van der Waals surface area contributed by atoms with Crippen LogP contribution in [0, 0.1) is 0 Å². The first kappa shape index (κ1) is 67.5. The predicted molar refractivity (Wildman–Crippen MR) is 284 cm³/mol. The van der Waals surface area contributed by atoms with Gasteiger partial charge in [-0.15, -0.1) is 0 Å². The first-order valence-electron chi connectivity index (χ1n) is 27.5. The van der Waals surface area contributed by atoms with Crippen LogP contribution in [0.1, 0.15) is 232 Å². The van der Waals surface area contributed by atoms with Gasteiger partial charge in [-0.3, -0.25) is 38.3 Å². The van der Waals surface area contributed by atoms with Crippen LogP contribution < -0.4 is 42.4 Å². The quantitative estimate of drug-likeness (QED) is 0.0228. The Bertz CT molecular complexity index is 1540. The molecule has 0 radical (unpaired) electrons. The van der Waals surface area contributed by atoms with Crippen molar-refractivity contribution in [1.29, 1.82) is 0 Å². The number of hydrogen-bond acceptors (Lipinski definition) is 11. The van der Waals surface area contributed by atoms with Gasteiger partial charge in [-0.25, -0.2) is 9.59 Å². The van der Waals surface area contributed by atoms with E-state index in [1.165, 1.54) is 83.5 Å². The highest BCUT2D eigenvalue weighted by Crippen LogP contribution is 2.14. The minimum absolute atomic E-state index is 0.0835. The summed E-state index contributed by atoms with van der Waals surface area (Å²) in [6.07, 6.45) is 26.9. The van der Waals surface area contributed by atoms with Crippen molar-refractivity contribution < 1.29 is 53.4 Å². The number of aliphatic carboxylic acids is 2. The van der Waals surface area contributed by atoms with Gasteiger partial charge < -0.3 is 47.8 Å². The van der Waals surface area contributed by atoms with Crippen molar-refractivity contribution in [3.8, 4) is 0 Å². The Morgan fingerprint density at radius 3 is 1.14 bits per heavy atom. The average molecular weight is 1040 g/mol. The first-order chi connectivity index (χ1) is 34.6. The number of rotatable bonds is 50. The second-order valence-corrected chi connectivity index (χ2v) is 19.4. The third-order valence-electron chi connectivity index (χ3n) is 12.6. The Morgan fingerprint density at radius 1 is 0.389 bits per heavy atom. The standard InChI is InChI=1S/C52H96N8O11S/c1-3-5-7-9-11-13-14-15-16-18-20-22-24-31-46(63)58-42(51(68)69)33-35-45(62)54-37-27-25-29-40(49(66)55-38-28-26-30-41(60-72)50(67)56-39-44(53)61)57-48(65)36-34-43(52(70)71)59-47(64)32-23-21-19-17-12-10-8-6-4-2/h40-43,60,72H,3-39H2,1-2H3,(H2,53,61)(H,54,62)(H,55,66)(H,56,67)(H,57,65)(H,58,63)(H,59,64)(H,68,69)(H,70,71)/t40?,41-,42?,43?/m0/s1. The molecule has 0 heterocycles. The van der Waals surface area contributed by atoms with E-state index in [1.807, 2.05) is 0 Å². The number of primary amides is 1. The lowest BCUT2D eigenvalue weighted by Crippen LogP contribution is -2.48. The van der Waals surface area contributed by atoms with E-state index in [4.69, 9.17) is 5.73 Å². The zero-order valence-electron chi connectivity index (χ0n) is 44.1. The molecule has 0 aromatic rings. The number of nitrogens with one attached hydrogen (secondary N) is 7. The van der Waals surface area contributed by atoms with Crippen molar-refractivity contribution in [3.05, 3.63) is 0 Å². The molecule has 4 atom stereocenters. The molecule has 0 saturated carbocycles. The van der Waals surface area contributed by atoms with Crippen molar-refractivity contribution in [1.82, 2.24) is 36.6 Å². The summed E-state index contributed by atoms with van der Waals surface area (Å²) < 4.78 is 2.58. The van der Waals surface area contributed by atoms with E-state index in [0.29, 0.717) is 44.9 Å². The molecule has 0 spiro atoms. The van der Waals surface area contributed by atoms with Gasteiger partial charge >= 0.3 is 11.9 Å². The van der Waals surface area contributed by atoms with Crippen LogP contribution >= 0.6 is 12.8 Å². The molecule has 0 rings (SSSR count). The zero-order chi connectivity index (χ0) is 53.6. The second-order valence-electron chi connectivity index (χ2n) is 19.2. The number of nitrogens with two attached hydrogens (primary N) is 1. The molecule has 0 aliphatic carbocycles. The van der Waals surface area contributed by atoms with Gasteiger partial charge in [-0.05, 0) is 64.2 Å². The summed E-state index contributed by atoms with van der Waals surface area (Å²) in [7, 11) is 0. The predicted octanol–water partition coefficient (Wildman–Crippen LogP) is 6.55. The number of unbranched alkanes of at least 4 members (excludes halogenated alkanes) is 22. The number of carbonyl (C=O) groups is 9. The van der Waals surface area contributed by atoms with Gasteiger partial charge in [0.2, 0.25) is 41.4 Å². The van der Waals surface area contributed by atoms with Crippen molar-refractivity contribution in [2.45, 2.75) is 256 Å². The van der Waals surface area contributed by atoms with E-state index < -0.39 is 71.5 Å². The van der Waals surface area contributed by atoms with Gasteiger partial charge in [0.05, 0.1) is 12.6 Å². The zero-order valence-corrected chi connectivity index (χ0v) is 45.0. The lowest BCUT2D eigenvalue weighted by molar-refractivity contribution is -0.142. The van der Waals surface area contributed by atoms with Gasteiger partial charge in [0.25, 0.3) is 0 Å². The second kappa shape index (κ2) is 46.3. The molecule has 72 heavy (non-hydrogen) atoms. The summed E-state index contributed by atoms with van der Waals surface area (Å²) in [5.74, 6) is -5.88. The van der Waals surface area contributed by atoms with Gasteiger partial charge in [0.15, 0.2) is 0 Å². The Balaban J connectivity index is 5.01. The van der Waals surface area contributed by atoms with Crippen molar-refractivity contribution in [3.63, 3.8) is 0 Å². The van der Waals surface area contributed by atoms with E-state index >= 15 is 0 Å². The van der Waals surface area contributed by atoms with Crippen LogP contribution in [-0.4, -0.2) is 107 Å². The molecular formula is C52H96N8O11S. The number of amides is 7. The Labute approximate surface area is 436 Å². The van der Waals surface area contributed by atoms with E-state index in [-0.39, 0.29) is 70.5 Å². The fourth-order valence-electron chi connectivity index (χ4n) is 8.18. The lowest BCUT2D eigenvalue weighted by Gasteiger charge is -2.20. The van der Waals surface area contributed by atoms with Crippen LogP contribution in [0.5, 0.6) is 0 Å². The summed E-state index contributed by atoms with van der Waals surface area (Å²) in [6, 6.07) is -4.21. The molecule has 0 fully saturated rings. The molecule has 0 aromatic heterocycles. The Morgan fingerprint density at radius 2 is 0.736 bits per heavy atom. The normalized spacial score (nSPS) is 12.7. The van der Waals surface area contributed by atoms with E-state index in [9.17, 15) is 53.4 Å². The fraction of sp³-hybridized carbons (Fsp3) is 0.827. The maximum absolute atomic E-state index is 13.4. The van der Waals surface area contributed by atoms with Crippen LogP contribution in [0.25, 0.3) is 0 Å². The number of carboxylic acid groups (broad SMARTS) is 2. The van der Waals surface area contributed by atoms with E-state index in [0.717, 1.165) is 44.9 Å². The largest absolute Gasteiger partial charge is 0.480 e. The molecular weight excluding hydrogens is 945 g/mol. The molecule has 20 heteroatoms. The van der Waals surface area contributed by atoms with Crippen LogP contribution in [0.3, 0.4) is 0 Å². The summed E-state index contributed by atoms with van der Waals surface area (Å²) in [4.78, 5) is 111. The summed E-state index contributed by atoms with van der Waals surface area (Å²) in [6.45, 7) is 4.49. The van der Waals surface area contributed by atoms with E-state index in [2.05, 4.69) is 63.3 Å². The SMILES string of the molecule is CCCCCCCCCCCCCCCC(=O)NC(CCC(=O)NCCCCC(NC(=O)CCC(NC(=O)CCCCCCCCCCC)C(=O)O)C(=O)NCCCC[C@H](NS)C(=O)NCC(N)=O)C(=O)O. The molecule has 0 bridgehead atoms. The van der Waals surface area contributed by atoms with Gasteiger partial charge in [0.1, 0.15) is 18.1 Å². The lowest BCUT2D eigenvalue weighted by atomic mass is 10.0. The van der Waals surface area contributed by atoms with E-state index in [1.54, 1.807) is 0 Å². The molecule has 0 aliphatic heterocycles. The highest BCUT2D eigenvalue weighted by molar-refractivity contribution is 7.78. The van der Waals surface area contributed by atoms with Crippen LogP contribution in [0.4, 0.5) is 0 Å². The maximum Gasteiger partial charge on any atom is 0.326 e. The third kappa shape index (κ3) is 40.1. The molecule has 19 nitrogen and oxygen atoms in total. The minimum Gasteiger partial charge on any atom is -0.480 e. The minimum atomic E-state index is -1.29. The van der Waals surface area contributed by atoms with Gasteiger partial charge in [0, 0.05) is 38.8 Å². The Kier molecular flexibility index (Phi) is 43.5. The molecule has 3 unspecified atom stereocenters. The Hall–Kier alpha value is -4.46. The number of hydrogen-bond donors (Lipinski definition) is 11.